The number of benzene rings is 6. The average molecular weight is 711 g/mol. The molecular formula is C36H30N4O8S2. The van der Waals surface area contributed by atoms with E-state index in [9.17, 15) is 36.2 Å². The predicted octanol–water partition coefficient (Wildman–Crippen LogP) is 9.35. The number of rotatable bonds is 9. The molecule has 12 nitrogen and oxygen atoms in total. The number of nitrogens with one attached hydrogen (secondary N) is 2. The van der Waals surface area contributed by atoms with E-state index in [2.05, 4.69) is 21.3 Å². The van der Waals surface area contributed by atoms with Crippen LogP contribution in [0.1, 0.15) is 25.0 Å². The first kappa shape index (κ1) is 31.7. The Labute approximate surface area is 290 Å². The van der Waals surface area contributed by atoms with Crippen LogP contribution in [-0.4, -0.2) is 36.2 Å². The lowest BCUT2D eigenvalue weighted by atomic mass is 9.87. The molecule has 0 saturated carbocycles. The van der Waals surface area contributed by atoms with Gasteiger partial charge in [0, 0.05) is 21.9 Å². The maximum atomic E-state index is 12.8. The van der Waals surface area contributed by atoms with E-state index in [-0.39, 0.29) is 21.9 Å². The van der Waals surface area contributed by atoms with Crippen LogP contribution in [-0.2, 0) is 33.1 Å². The van der Waals surface area contributed by atoms with Gasteiger partial charge >= 0.3 is 0 Å². The van der Waals surface area contributed by atoms with Crippen LogP contribution in [0.25, 0.3) is 54.9 Å². The van der Waals surface area contributed by atoms with Gasteiger partial charge in [-0.25, -0.2) is 11.0 Å². The molecule has 14 heteroatoms. The zero-order chi connectivity index (χ0) is 37.5. The molecule has 0 amide bonds. The van der Waals surface area contributed by atoms with Crippen molar-refractivity contribution in [3.8, 4) is 44.9 Å². The van der Waals surface area contributed by atoms with Crippen LogP contribution >= 0.6 is 0 Å². The van der Waals surface area contributed by atoms with Crippen LogP contribution < -0.4 is 0 Å². The number of phenols is 2. The van der Waals surface area contributed by atoms with E-state index in [1.54, 1.807) is 84.9 Å². The van der Waals surface area contributed by atoms with E-state index in [0.717, 1.165) is 22.3 Å². The molecule has 6 aromatic carbocycles. The van der Waals surface area contributed by atoms with E-state index in [1.807, 2.05) is 13.8 Å². The van der Waals surface area contributed by atoms with Gasteiger partial charge in [-0.2, -0.15) is 27.1 Å². The third-order valence-corrected chi connectivity index (χ3v) is 10.6. The van der Waals surface area contributed by atoms with Crippen molar-refractivity contribution in [1.29, 1.82) is 11.0 Å². The third-order valence-electron chi connectivity index (χ3n) is 8.79. The van der Waals surface area contributed by atoms with Gasteiger partial charge in [0.05, 0.1) is 0 Å². The van der Waals surface area contributed by atoms with Crippen molar-refractivity contribution in [2.24, 2.45) is 10.2 Å². The highest BCUT2D eigenvalue weighted by Crippen LogP contribution is 2.50. The highest BCUT2D eigenvalue weighted by Gasteiger charge is 2.30. The number of hydrogen-bond acceptors (Lipinski definition) is 10. The summed E-state index contributed by atoms with van der Waals surface area (Å²) in [6.45, 7) is 3.81. The molecule has 50 heavy (non-hydrogen) atoms. The lowest BCUT2D eigenvalue weighted by Crippen LogP contribution is -2.04. The quantitative estimate of drug-likeness (QED) is 0.0625. The lowest BCUT2D eigenvalue weighted by Gasteiger charge is -2.20. The summed E-state index contributed by atoms with van der Waals surface area (Å²) in [5.41, 5.74) is 8.68. The molecule has 0 saturated heterocycles. The first-order valence-corrected chi connectivity index (χ1v) is 18.1. The van der Waals surface area contributed by atoms with Crippen molar-refractivity contribution in [2.45, 2.75) is 36.5 Å². The summed E-state index contributed by atoms with van der Waals surface area (Å²) in [7, 11) is -10.0. The number of fused-ring (bicyclic) bond motifs is 2. The SMILES string of the molecule is [H]/N=N/c1c(S(=O)(=O)O)c(-c2ccc(-c3ccc(-c4c(S(=O)(=O)O)c(/N=N/[H])c(O)c5ccccc45)cc3CC)c(CC)c2)c2ccccc2c1O. The molecule has 0 aliphatic rings. The zero-order valence-electron chi connectivity index (χ0n) is 28.5. The van der Waals surface area contributed by atoms with E-state index in [4.69, 9.17) is 2.82 Å². The minimum absolute atomic E-state index is 0.0585. The van der Waals surface area contributed by atoms with Gasteiger partial charge in [0.1, 0.15) is 21.2 Å². The molecule has 254 valence electrons. The fourth-order valence-corrected chi connectivity index (χ4v) is 8.37. The monoisotopic (exact) mass is 710 g/mol. The van der Waals surface area contributed by atoms with Gasteiger partial charge in [-0.15, -0.1) is 0 Å². The second-order valence-electron chi connectivity index (χ2n) is 11.5. The Hall–Kier alpha value is -5.54. The molecule has 0 fully saturated rings. The molecule has 0 aliphatic carbocycles. The van der Waals surface area contributed by atoms with Gasteiger partial charge in [0.2, 0.25) is 2.82 Å². The molecule has 0 unspecified atom stereocenters. The smallest absolute Gasteiger partial charge is 0.297 e. The van der Waals surface area contributed by atoms with Crippen LogP contribution in [0, 0.1) is 11.0 Å². The minimum atomic E-state index is -5.01. The second-order valence-corrected chi connectivity index (χ2v) is 14.2. The Balaban J connectivity index is 1.61. The highest BCUT2D eigenvalue weighted by atomic mass is 32.2. The van der Waals surface area contributed by atoms with Crippen LogP contribution in [0.3, 0.4) is 0 Å². The van der Waals surface area contributed by atoms with E-state index in [1.165, 1.54) is 0 Å². The maximum Gasteiger partial charge on any atom is 0.297 e. The highest BCUT2D eigenvalue weighted by molar-refractivity contribution is 7.86. The normalized spacial score (nSPS) is 13.0. The first-order valence-electron chi connectivity index (χ1n) is 16.1. The molecule has 0 aliphatic heterocycles. The number of phenolic OH excluding ortho intramolecular Hbond substituents is 2. The molecule has 0 aromatic heterocycles. The van der Waals surface area contributed by atoms with Crippen molar-refractivity contribution >= 4 is 53.2 Å². The molecule has 6 rings (SSSR count). The maximum absolute atomic E-state index is 12.8. The molecule has 6 N–H and O–H groups in total. The summed E-state index contributed by atoms with van der Waals surface area (Å²) >= 11 is 0. The molecule has 6 aromatic rings. The summed E-state index contributed by atoms with van der Waals surface area (Å²) in [5.74, 6) is -1.12. The van der Waals surface area contributed by atoms with Crippen LogP contribution in [0.2, 0.25) is 2.82 Å². The molecule has 0 bridgehead atoms. The Kier molecular flexibility index (Phi) is 8.07. The Bertz CT molecular complexity index is 2530. The molecule has 0 heterocycles. The summed E-state index contributed by atoms with van der Waals surface area (Å²) < 4.78 is 86.6. The van der Waals surface area contributed by atoms with Gasteiger partial charge in [-0.3, -0.25) is 9.11 Å². The molecule has 0 atom stereocenters. The summed E-state index contributed by atoms with van der Waals surface area (Å²) in [5, 5.41) is 30.1. The summed E-state index contributed by atoms with van der Waals surface area (Å²) in [6, 6.07) is 23.3. The molecule has 0 spiro atoms. The minimum Gasteiger partial charge on any atom is -0.505 e. The summed E-state index contributed by atoms with van der Waals surface area (Å²) in [4.78, 5) is -1.40. The van der Waals surface area contributed by atoms with Gasteiger partial charge < -0.3 is 10.2 Å². The van der Waals surface area contributed by atoms with Crippen LogP contribution in [0.15, 0.2) is 105 Å². The fraction of sp³-hybridized carbons (Fsp3) is 0.111. The van der Waals surface area contributed by atoms with Crippen molar-refractivity contribution < 1.29 is 39.0 Å². The number of aromatic hydroxyl groups is 2. The molecular weight excluding hydrogens is 681 g/mol. The van der Waals surface area contributed by atoms with Gasteiger partial charge in [-0.05, 0) is 57.0 Å². The predicted molar refractivity (Wildman–Crippen MR) is 189 cm³/mol. The second kappa shape index (κ2) is 12.7. The number of hydrogen-bond donors (Lipinski definition) is 6. The van der Waals surface area contributed by atoms with Crippen molar-refractivity contribution in [3.63, 3.8) is 0 Å². The van der Waals surface area contributed by atoms with E-state index >= 15 is 0 Å². The van der Waals surface area contributed by atoms with Gasteiger partial charge in [-0.1, -0.05) is 98.8 Å². The fourth-order valence-electron chi connectivity index (χ4n) is 6.64. The van der Waals surface area contributed by atoms with Crippen molar-refractivity contribution in [3.05, 3.63) is 96.1 Å². The van der Waals surface area contributed by atoms with Crippen molar-refractivity contribution in [1.82, 2.24) is 0 Å². The number of nitrogens with zero attached hydrogens (tertiary/aromatic N) is 2. The third kappa shape index (κ3) is 5.57. The summed E-state index contributed by atoms with van der Waals surface area (Å²) in [6.07, 6.45) is 0.948. The van der Waals surface area contributed by atoms with Gasteiger partial charge in [0.15, 0.2) is 11.5 Å². The Morgan fingerprint density at radius 3 is 1.28 bits per heavy atom. The van der Waals surface area contributed by atoms with Crippen molar-refractivity contribution in [2.75, 3.05) is 0 Å². The van der Waals surface area contributed by atoms with E-state index < -0.39 is 52.9 Å². The van der Waals surface area contributed by atoms with Crippen LogP contribution in [0.4, 0.5) is 11.4 Å². The Morgan fingerprint density at radius 2 is 0.960 bits per heavy atom. The Morgan fingerprint density at radius 1 is 0.600 bits per heavy atom. The van der Waals surface area contributed by atoms with Gasteiger partial charge in [0.25, 0.3) is 20.2 Å². The molecule has 0 radical (unpaired) electrons. The van der Waals surface area contributed by atoms with E-state index in [0.29, 0.717) is 34.7 Å². The van der Waals surface area contributed by atoms with Crippen LogP contribution in [0.5, 0.6) is 11.5 Å². The standard InChI is InChI=1S/C36H30N4O8S2/c1-3-19-17-21(29-25-9-5-7-11-27(25)33(41)31(39-37)35(29)49(43,44)45)13-15-23(19)24-16-14-22(18-20(24)4-2)30-26-10-6-8-12-28(26)34(42)32(40-38)36(30)50(46,47)48/h5-18,37-38,41-42H,3-4H2,1-2H3,(H,43,44,45)(H,46,47,48)/b39-37+,40-38+. The topological polar surface area (TPSA) is 222 Å². The zero-order valence-corrected chi connectivity index (χ0v) is 28.2. The average Bonchev–Trinajstić information content (AvgIpc) is 3.12. The first-order chi connectivity index (χ1) is 24.8. The lowest BCUT2D eigenvalue weighted by molar-refractivity contribution is 0.472. The largest absolute Gasteiger partial charge is 0.505 e. The number of aryl methyl sites for hydroxylation is 2.